The summed E-state index contributed by atoms with van der Waals surface area (Å²) in [5.41, 5.74) is 4.64. The molecule has 0 radical (unpaired) electrons. The van der Waals surface area contributed by atoms with E-state index in [2.05, 4.69) is 25.9 Å². The smallest absolute Gasteiger partial charge is 0.225 e. The summed E-state index contributed by atoms with van der Waals surface area (Å²) >= 11 is 0. The number of anilines is 1. The van der Waals surface area contributed by atoms with Crippen LogP contribution in [-0.2, 0) is 18.3 Å². The van der Waals surface area contributed by atoms with E-state index in [-0.39, 0.29) is 0 Å². The first kappa shape index (κ1) is 20.1. The van der Waals surface area contributed by atoms with E-state index in [0.29, 0.717) is 5.92 Å². The summed E-state index contributed by atoms with van der Waals surface area (Å²) in [5, 5.41) is 4.32. The molecule has 162 valence electrons. The van der Waals surface area contributed by atoms with Gasteiger partial charge in [0.2, 0.25) is 5.95 Å². The van der Waals surface area contributed by atoms with Crippen molar-refractivity contribution in [2.24, 2.45) is 7.05 Å². The van der Waals surface area contributed by atoms with Gasteiger partial charge >= 0.3 is 0 Å². The van der Waals surface area contributed by atoms with E-state index in [9.17, 15) is 0 Å². The lowest BCUT2D eigenvalue weighted by Crippen LogP contribution is -2.38. The van der Waals surface area contributed by atoms with E-state index in [1.165, 1.54) is 5.69 Å². The minimum absolute atomic E-state index is 0.368. The predicted octanol–water partition coefficient (Wildman–Crippen LogP) is 2.49. The molecular formula is C23H29N7O. The molecule has 8 heteroatoms. The fourth-order valence-electron chi connectivity index (χ4n) is 4.57. The van der Waals surface area contributed by atoms with Crippen LogP contribution in [0.15, 0.2) is 43.0 Å². The lowest BCUT2D eigenvalue weighted by Gasteiger charge is -2.34. The van der Waals surface area contributed by atoms with Crippen molar-refractivity contribution < 1.29 is 4.74 Å². The maximum Gasteiger partial charge on any atom is 0.225 e. The second kappa shape index (κ2) is 9.11. The minimum Gasteiger partial charge on any atom is -0.378 e. The van der Waals surface area contributed by atoms with Crippen LogP contribution in [0.5, 0.6) is 0 Å². The number of pyridine rings is 1. The second-order valence-electron chi connectivity index (χ2n) is 8.32. The monoisotopic (exact) mass is 419 g/mol. The molecule has 2 aliphatic rings. The van der Waals surface area contributed by atoms with Crippen LogP contribution in [0, 0.1) is 0 Å². The highest BCUT2D eigenvalue weighted by Gasteiger charge is 2.27. The van der Waals surface area contributed by atoms with Gasteiger partial charge in [-0.05, 0) is 43.1 Å². The Morgan fingerprint density at radius 2 is 1.90 bits per heavy atom. The molecule has 0 bridgehead atoms. The lowest BCUT2D eigenvalue weighted by atomic mass is 9.90. The summed E-state index contributed by atoms with van der Waals surface area (Å²) in [6.07, 6.45) is 9.85. The highest BCUT2D eigenvalue weighted by Crippen LogP contribution is 2.34. The van der Waals surface area contributed by atoms with Gasteiger partial charge in [-0.2, -0.15) is 5.10 Å². The largest absolute Gasteiger partial charge is 0.378 e. The van der Waals surface area contributed by atoms with Gasteiger partial charge in [0.1, 0.15) is 0 Å². The summed E-state index contributed by atoms with van der Waals surface area (Å²) in [6, 6.07) is 6.20. The molecular weight excluding hydrogens is 390 g/mol. The van der Waals surface area contributed by atoms with Gasteiger partial charge < -0.3 is 9.64 Å². The fraction of sp³-hybridized carbons (Fsp3) is 0.478. The van der Waals surface area contributed by atoms with E-state index < -0.39 is 0 Å². The van der Waals surface area contributed by atoms with E-state index in [1.54, 1.807) is 0 Å². The molecule has 2 fully saturated rings. The molecule has 5 rings (SSSR count). The summed E-state index contributed by atoms with van der Waals surface area (Å²) in [5.74, 6) is 1.19. The van der Waals surface area contributed by atoms with Gasteiger partial charge in [-0.15, -0.1) is 0 Å². The maximum atomic E-state index is 5.52. The zero-order valence-corrected chi connectivity index (χ0v) is 18.0. The van der Waals surface area contributed by atoms with Crippen LogP contribution in [-0.4, -0.2) is 69.0 Å². The Bertz CT molecular complexity index is 1000. The van der Waals surface area contributed by atoms with Gasteiger partial charge in [0.05, 0.1) is 24.6 Å². The number of morpholine rings is 1. The number of rotatable bonds is 5. The molecule has 0 unspecified atom stereocenters. The molecule has 0 amide bonds. The number of nitrogens with zero attached hydrogens (tertiary/aromatic N) is 7. The number of likely N-dealkylation sites (tertiary alicyclic amines) is 1. The Labute approximate surface area is 182 Å². The van der Waals surface area contributed by atoms with Crippen molar-refractivity contribution in [3.05, 3.63) is 54.4 Å². The number of piperidine rings is 1. The summed E-state index contributed by atoms with van der Waals surface area (Å²) in [4.78, 5) is 18.8. The molecule has 0 aliphatic carbocycles. The van der Waals surface area contributed by atoms with Gasteiger partial charge in [-0.1, -0.05) is 0 Å². The third kappa shape index (κ3) is 4.45. The zero-order valence-electron chi connectivity index (χ0n) is 18.0. The number of hydrogen-bond donors (Lipinski definition) is 0. The van der Waals surface area contributed by atoms with E-state index in [4.69, 9.17) is 14.7 Å². The number of ether oxygens (including phenoxy) is 1. The SMILES string of the molecule is Cn1nccc1CN1CCC[C@@H](c2nc(N3CCOCC3)ncc2-c2ccncc2)C1. The van der Waals surface area contributed by atoms with Crippen LogP contribution in [0.4, 0.5) is 5.95 Å². The third-order valence-corrected chi connectivity index (χ3v) is 6.29. The Morgan fingerprint density at radius 1 is 1.06 bits per heavy atom. The quantitative estimate of drug-likeness (QED) is 0.629. The maximum absolute atomic E-state index is 5.52. The number of aromatic nitrogens is 5. The molecule has 3 aromatic heterocycles. The van der Waals surface area contributed by atoms with Crippen molar-refractivity contribution in [1.82, 2.24) is 29.6 Å². The summed E-state index contributed by atoms with van der Waals surface area (Å²) in [7, 11) is 2.01. The van der Waals surface area contributed by atoms with E-state index >= 15 is 0 Å². The first-order valence-corrected chi connectivity index (χ1v) is 11.1. The highest BCUT2D eigenvalue weighted by atomic mass is 16.5. The molecule has 1 atom stereocenters. The van der Waals surface area contributed by atoms with Gasteiger partial charge in [0, 0.05) is 69.5 Å². The number of hydrogen-bond acceptors (Lipinski definition) is 7. The Kier molecular flexibility index (Phi) is 5.90. The van der Waals surface area contributed by atoms with Crippen LogP contribution in [0.25, 0.3) is 11.1 Å². The Balaban J connectivity index is 1.45. The van der Waals surface area contributed by atoms with E-state index in [1.807, 2.05) is 48.6 Å². The molecule has 8 nitrogen and oxygen atoms in total. The molecule has 3 aromatic rings. The van der Waals surface area contributed by atoms with Crippen LogP contribution < -0.4 is 4.90 Å². The first-order valence-electron chi connectivity index (χ1n) is 11.1. The molecule has 31 heavy (non-hydrogen) atoms. The molecule has 5 heterocycles. The average Bonchev–Trinajstić information content (AvgIpc) is 3.24. The minimum atomic E-state index is 0.368. The predicted molar refractivity (Wildman–Crippen MR) is 119 cm³/mol. The lowest BCUT2D eigenvalue weighted by molar-refractivity contribution is 0.122. The van der Waals surface area contributed by atoms with Crippen LogP contribution in [0.3, 0.4) is 0 Å². The Morgan fingerprint density at radius 3 is 2.68 bits per heavy atom. The van der Waals surface area contributed by atoms with E-state index in [0.717, 1.165) is 81.5 Å². The number of aryl methyl sites for hydroxylation is 1. The summed E-state index contributed by atoms with van der Waals surface area (Å²) in [6.45, 7) is 6.14. The van der Waals surface area contributed by atoms with Crippen molar-refractivity contribution in [2.45, 2.75) is 25.3 Å². The molecule has 0 saturated carbocycles. The summed E-state index contributed by atoms with van der Waals surface area (Å²) < 4.78 is 7.48. The third-order valence-electron chi connectivity index (χ3n) is 6.29. The van der Waals surface area contributed by atoms with Gasteiger partial charge in [-0.25, -0.2) is 9.97 Å². The fourth-order valence-corrected chi connectivity index (χ4v) is 4.57. The van der Waals surface area contributed by atoms with Gasteiger partial charge in [0.15, 0.2) is 0 Å². The highest BCUT2D eigenvalue weighted by molar-refractivity contribution is 5.66. The molecule has 0 spiro atoms. The van der Waals surface area contributed by atoms with Crippen molar-refractivity contribution in [3.63, 3.8) is 0 Å². The standard InChI is InChI=1S/C23H29N7O/c1-28-20(6-9-26-28)17-29-10-2-3-19(16-29)22-21(18-4-7-24-8-5-18)15-25-23(27-22)30-11-13-31-14-12-30/h4-9,15,19H,2-3,10-14,16-17H2,1H3/t19-/m1/s1. The van der Waals surface area contributed by atoms with Gasteiger partial charge in [-0.3, -0.25) is 14.6 Å². The molecule has 0 N–H and O–H groups in total. The topological polar surface area (TPSA) is 72.2 Å². The van der Waals surface area contributed by atoms with Crippen molar-refractivity contribution in [1.29, 1.82) is 0 Å². The van der Waals surface area contributed by atoms with Gasteiger partial charge in [0.25, 0.3) is 0 Å². The second-order valence-corrected chi connectivity index (χ2v) is 8.32. The molecule has 2 saturated heterocycles. The van der Waals surface area contributed by atoms with Crippen molar-refractivity contribution in [2.75, 3.05) is 44.3 Å². The van der Waals surface area contributed by atoms with Crippen LogP contribution in [0.1, 0.15) is 30.1 Å². The molecule has 0 aromatic carbocycles. The Hall–Kier alpha value is -2.84. The first-order chi connectivity index (χ1) is 15.3. The zero-order chi connectivity index (χ0) is 21.0. The van der Waals surface area contributed by atoms with Crippen LogP contribution in [0.2, 0.25) is 0 Å². The van der Waals surface area contributed by atoms with Crippen molar-refractivity contribution >= 4 is 5.95 Å². The molecule has 2 aliphatic heterocycles. The average molecular weight is 420 g/mol. The normalized spacial score (nSPS) is 20.2. The van der Waals surface area contributed by atoms with Crippen molar-refractivity contribution in [3.8, 4) is 11.1 Å². The van der Waals surface area contributed by atoms with Crippen LogP contribution >= 0.6 is 0 Å².